The summed E-state index contributed by atoms with van der Waals surface area (Å²) in [5.41, 5.74) is 0.279. The fourth-order valence-electron chi connectivity index (χ4n) is 4.97. The summed E-state index contributed by atoms with van der Waals surface area (Å²) in [6, 6.07) is 7.61. The maximum atomic E-state index is 13.5. The van der Waals surface area contributed by atoms with Crippen LogP contribution in [0.5, 0.6) is 0 Å². The highest BCUT2D eigenvalue weighted by molar-refractivity contribution is 8.33. The molecule has 0 spiro atoms. The zero-order chi connectivity index (χ0) is 25.8. The highest BCUT2D eigenvalue weighted by Crippen LogP contribution is 2.60. The number of anilines is 1. The first kappa shape index (κ1) is 25.6. The lowest BCUT2D eigenvalue weighted by molar-refractivity contribution is -0.341. The SMILES string of the molecule is CC1(C)c2[nH]nc(NC(=O)C3(S(C)(C)C)CCC3)c2CN1C(=O)[C@H](OC(F)(F)F)c1ccccc1. The molecule has 1 aromatic heterocycles. The summed E-state index contributed by atoms with van der Waals surface area (Å²) in [4.78, 5) is 28.1. The van der Waals surface area contributed by atoms with Gasteiger partial charge in [0.25, 0.3) is 5.91 Å². The number of halogens is 3. The number of aromatic amines is 1. The maximum absolute atomic E-state index is 13.5. The number of alkyl halides is 3. The molecule has 2 heterocycles. The predicted octanol–water partition coefficient (Wildman–Crippen LogP) is 4.82. The van der Waals surface area contributed by atoms with Gasteiger partial charge >= 0.3 is 6.36 Å². The van der Waals surface area contributed by atoms with Gasteiger partial charge in [0.2, 0.25) is 5.91 Å². The number of nitrogens with zero attached hydrogens (tertiary/aromatic N) is 2. The average Bonchev–Trinajstić information content (AvgIpc) is 3.22. The minimum atomic E-state index is -5.00. The van der Waals surface area contributed by atoms with Gasteiger partial charge in [0.1, 0.15) is 0 Å². The minimum Gasteiger partial charge on any atom is -0.325 e. The van der Waals surface area contributed by atoms with E-state index in [1.165, 1.54) is 17.0 Å². The van der Waals surface area contributed by atoms with Crippen LogP contribution in [-0.4, -0.2) is 56.8 Å². The lowest BCUT2D eigenvalue weighted by Gasteiger charge is -2.53. The van der Waals surface area contributed by atoms with Crippen molar-refractivity contribution in [3.8, 4) is 0 Å². The second-order valence-corrected chi connectivity index (χ2v) is 14.9. The van der Waals surface area contributed by atoms with Crippen LogP contribution in [0.4, 0.5) is 19.0 Å². The topological polar surface area (TPSA) is 87.3 Å². The molecule has 0 unspecified atom stereocenters. The third-order valence-corrected chi connectivity index (χ3v) is 10.2. The fourth-order valence-corrected chi connectivity index (χ4v) is 7.09. The van der Waals surface area contributed by atoms with Crippen molar-refractivity contribution < 1.29 is 27.5 Å². The van der Waals surface area contributed by atoms with E-state index in [1.807, 2.05) is 0 Å². The lowest BCUT2D eigenvalue weighted by atomic mass is 9.83. The van der Waals surface area contributed by atoms with Crippen molar-refractivity contribution in [3.05, 3.63) is 47.2 Å². The largest absolute Gasteiger partial charge is 0.523 e. The third-order valence-electron chi connectivity index (χ3n) is 7.29. The molecule has 11 heteroatoms. The van der Waals surface area contributed by atoms with Crippen molar-refractivity contribution in [3.63, 3.8) is 0 Å². The van der Waals surface area contributed by atoms with Gasteiger partial charge in [-0.2, -0.15) is 5.10 Å². The van der Waals surface area contributed by atoms with Crippen LogP contribution >= 0.6 is 10.0 Å². The Morgan fingerprint density at radius 2 is 1.80 bits per heavy atom. The third kappa shape index (κ3) is 4.44. The van der Waals surface area contributed by atoms with Gasteiger partial charge in [0.15, 0.2) is 11.9 Å². The number of H-pyrrole nitrogens is 1. The van der Waals surface area contributed by atoms with Gasteiger partial charge in [-0.3, -0.25) is 19.4 Å². The van der Waals surface area contributed by atoms with E-state index in [2.05, 4.69) is 39.0 Å². The van der Waals surface area contributed by atoms with Crippen LogP contribution in [0.1, 0.15) is 56.0 Å². The lowest BCUT2D eigenvalue weighted by Crippen LogP contribution is -2.51. The monoisotopic (exact) mass is 512 g/mol. The van der Waals surface area contributed by atoms with Crippen molar-refractivity contribution in [2.45, 2.75) is 62.4 Å². The fraction of sp³-hybridized carbons (Fsp3) is 0.542. The van der Waals surface area contributed by atoms with E-state index >= 15 is 0 Å². The minimum absolute atomic E-state index is 0.00674. The van der Waals surface area contributed by atoms with Crippen LogP contribution < -0.4 is 5.32 Å². The van der Waals surface area contributed by atoms with Crippen molar-refractivity contribution >= 4 is 27.7 Å². The summed E-state index contributed by atoms with van der Waals surface area (Å²) in [6.45, 7) is 3.44. The number of hydrogen-bond acceptors (Lipinski definition) is 4. The summed E-state index contributed by atoms with van der Waals surface area (Å²) < 4.78 is 43.6. The molecule has 2 N–H and O–H groups in total. The Kier molecular flexibility index (Phi) is 6.24. The maximum Gasteiger partial charge on any atom is 0.523 e. The van der Waals surface area contributed by atoms with Crippen molar-refractivity contribution in [2.75, 3.05) is 24.1 Å². The van der Waals surface area contributed by atoms with Crippen molar-refractivity contribution in [1.29, 1.82) is 0 Å². The Morgan fingerprint density at radius 3 is 2.31 bits per heavy atom. The van der Waals surface area contributed by atoms with E-state index in [9.17, 15) is 22.8 Å². The second-order valence-electron chi connectivity index (χ2n) is 10.4. The van der Waals surface area contributed by atoms with Crippen LogP contribution in [0, 0.1) is 0 Å². The number of carbonyl (C=O) groups is 2. The van der Waals surface area contributed by atoms with Crippen LogP contribution in [0.3, 0.4) is 0 Å². The van der Waals surface area contributed by atoms with Crippen molar-refractivity contribution in [2.24, 2.45) is 0 Å². The van der Waals surface area contributed by atoms with E-state index < -0.39 is 38.7 Å². The molecule has 4 rings (SSSR count). The Labute approximate surface area is 204 Å². The molecule has 1 aliphatic heterocycles. The molecule has 2 aromatic rings. The molecule has 35 heavy (non-hydrogen) atoms. The second kappa shape index (κ2) is 8.55. The zero-order valence-electron chi connectivity index (χ0n) is 20.5. The molecular formula is C24H31F3N4O3S. The summed E-state index contributed by atoms with van der Waals surface area (Å²) >= 11 is 0. The molecule has 1 fully saturated rings. The molecule has 1 aliphatic carbocycles. The molecule has 1 saturated carbocycles. The first-order chi connectivity index (χ1) is 16.2. The van der Waals surface area contributed by atoms with Crippen LogP contribution in [0.15, 0.2) is 30.3 Å². The first-order valence-electron chi connectivity index (χ1n) is 11.4. The number of hydrogen-bond donors (Lipinski definition) is 2. The highest BCUT2D eigenvalue weighted by Gasteiger charge is 2.52. The summed E-state index contributed by atoms with van der Waals surface area (Å²) in [7, 11) is -1.19. The molecule has 2 aliphatic rings. The molecule has 192 valence electrons. The average molecular weight is 513 g/mol. The van der Waals surface area contributed by atoms with Gasteiger partial charge in [0, 0.05) is 5.56 Å². The molecule has 0 radical (unpaired) electrons. The van der Waals surface area contributed by atoms with E-state index in [0.29, 0.717) is 17.1 Å². The van der Waals surface area contributed by atoms with E-state index in [4.69, 9.17) is 0 Å². The Hall–Kier alpha value is -2.53. The number of ether oxygens (including phenoxy) is 1. The molecular weight excluding hydrogens is 481 g/mol. The number of rotatable bonds is 6. The van der Waals surface area contributed by atoms with Gasteiger partial charge < -0.3 is 10.2 Å². The van der Waals surface area contributed by atoms with E-state index in [0.717, 1.165) is 19.3 Å². The van der Waals surface area contributed by atoms with Gasteiger partial charge in [-0.25, -0.2) is 10.0 Å². The molecule has 1 aromatic carbocycles. The highest BCUT2D eigenvalue weighted by atomic mass is 32.3. The number of fused-ring (bicyclic) bond motifs is 1. The first-order valence-corrected chi connectivity index (χ1v) is 14.2. The molecule has 7 nitrogen and oxygen atoms in total. The van der Waals surface area contributed by atoms with Gasteiger partial charge in [0.05, 0.1) is 22.5 Å². The normalized spacial score (nSPS) is 20.1. The quantitative estimate of drug-likeness (QED) is 0.581. The Bertz CT molecular complexity index is 1120. The zero-order valence-corrected chi connectivity index (χ0v) is 21.3. The van der Waals surface area contributed by atoms with E-state index in [1.54, 1.807) is 32.0 Å². The molecule has 2 amide bonds. The molecule has 0 saturated heterocycles. The smallest absolute Gasteiger partial charge is 0.325 e. The van der Waals surface area contributed by atoms with Gasteiger partial charge in [-0.15, -0.1) is 13.2 Å². The number of benzene rings is 1. The number of aromatic nitrogens is 2. The van der Waals surface area contributed by atoms with Crippen LogP contribution in [0.2, 0.25) is 0 Å². The number of carbonyl (C=O) groups excluding carboxylic acids is 2. The van der Waals surface area contributed by atoms with Gasteiger partial charge in [-0.05, 0) is 57.4 Å². The van der Waals surface area contributed by atoms with Gasteiger partial charge in [-0.1, -0.05) is 30.3 Å². The van der Waals surface area contributed by atoms with Crippen LogP contribution in [-0.2, 0) is 26.4 Å². The van der Waals surface area contributed by atoms with Crippen molar-refractivity contribution in [1.82, 2.24) is 15.1 Å². The number of nitrogens with one attached hydrogen (secondary N) is 2. The standard InChI is InChI=1S/C24H31F3N4O3S/c1-22(2)18-16(19(30-29-18)28-21(33)23(12-9-13-23)35(3,4)5)14-31(22)20(32)17(34-24(25,26)27)15-10-7-6-8-11-15/h6-8,10-11,17H,9,12-14H2,1-5H3,(H2,28,29,30,33)/t17-/m1/s1. The van der Waals surface area contributed by atoms with E-state index in [-0.39, 0.29) is 18.0 Å². The predicted molar refractivity (Wildman–Crippen MR) is 129 cm³/mol. The Morgan fingerprint density at radius 1 is 1.17 bits per heavy atom. The molecule has 1 atom stereocenters. The summed E-state index contributed by atoms with van der Waals surface area (Å²) in [5, 5.41) is 10.2. The summed E-state index contributed by atoms with van der Waals surface area (Å²) in [5.74, 6) is -0.600. The van der Waals surface area contributed by atoms with Crippen LogP contribution in [0.25, 0.3) is 0 Å². The Balaban J connectivity index is 1.61. The molecule has 0 bridgehead atoms. The summed E-state index contributed by atoms with van der Waals surface area (Å²) in [6.07, 6.45) is 2.13. The number of amides is 2.